The van der Waals surface area contributed by atoms with Gasteiger partial charge in [-0.1, -0.05) is 24.0 Å². The first-order valence-electron chi connectivity index (χ1n) is 10.7. The van der Waals surface area contributed by atoms with E-state index in [1.807, 2.05) is 12.1 Å². The Morgan fingerprint density at radius 1 is 1.00 bits per heavy atom. The molecule has 2 fully saturated rings. The Morgan fingerprint density at radius 3 is 2.14 bits per heavy atom. The molecule has 3 heterocycles. The summed E-state index contributed by atoms with van der Waals surface area (Å²) in [5.41, 5.74) is 0. The molecule has 0 aromatic carbocycles. The molecule has 1 aromatic heterocycles. The van der Waals surface area contributed by atoms with E-state index >= 15 is 0 Å². The second-order valence-corrected chi connectivity index (χ2v) is 12.0. The standard InChI is InChI=1S/C22H22BrNO10S3/c1-9(25)30-8-14-17(31-10(2)26)18(32-11(3)27)19(33-12(4)28)21(34-14)24-20(29)15(37-22(24)35)7-13-5-6-16(23)36-13/h5-7,14,17-19,21H,8H2,1-4H3/b15-7+/t14-,17+,18+,19+,21-/m1/s1. The number of hydrogen-bond acceptors (Lipinski definition) is 13. The number of ether oxygens (including phenoxy) is 5. The van der Waals surface area contributed by atoms with Crippen LogP contribution in [-0.4, -0.2) is 76.3 Å². The average molecular weight is 637 g/mol. The van der Waals surface area contributed by atoms with E-state index in [0.717, 1.165) is 46.1 Å². The van der Waals surface area contributed by atoms with Crippen LogP contribution in [0.1, 0.15) is 32.6 Å². The van der Waals surface area contributed by atoms with Crippen LogP contribution in [0.25, 0.3) is 6.08 Å². The molecule has 15 heteroatoms. The van der Waals surface area contributed by atoms with Gasteiger partial charge in [-0.15, -0.1) is 11.3 Å². The summed E-state index contributed by atoms with van der Waals surface area (Å²) in [6, 6.07) is 3.65. The van der Waals surface area contributed by atoms with Crippen LogP contribution in [0, 0.1) is 0 Å². The van der Waals surface area contributed by atoms with Gasteiger partial charge in [0.15, 0.2) is 28.9 Å². The molecular formula is C22H22BrNO10S3. The number of thiocarbonyl (C=S) groups is 1. The van der Waals surface area contributed by atoms with Gasteiger partial charge in [-0.2, -0.15) is 0 Å². The first-order valence-corrected chi connectivity index (χ1v) is 13.5. The number of carbonyl (C=O) groups is 5. The lowest BCUT2D eigenvalue weighted by molar-refractivity contribution is -0.268. The van der Waals surface area contributed by atoms with Crippen molar-refractivity contribution in [3.8, 4) is 0 Å². The molecule has 1 amide bonds. The van der Waals surface area contributed by atoms with Gasteiger partial charge in [0.25, 0.3) is 5.91 Å². The van der Waals surface area contributed by atoms with E-state index in [1.54, 1.807) is 6.08 Å². The summed E-state index contributed by atoms with van der Waals surface area (Å²) in [4.78, 5) is 63.1. The Kier molecular flexibility index (Phi) is 9.86. The minimum atomic E-state index is -1.43. The molecule has 0 spiro atoms. The zero-order valence-electron chi connectivity index (χ0n) is 20.0. The fraction of sp³-hybridized carbons (Fsp3) is 0.455. The van der Waals surface area contributed by atoms with Crippen molar-refractivity contribution in [2.75, 3.05) is 6.61 Å². The van der Waals surface area contributed by atoms with Gasteiger partial charge in [0.1, 0.15) is 12.7 Å². The number of carbonyl (C=O) groups excluding carboxylic acids is 5. The summed E-state index contributed by atoms with van der Waals surface area (Å²) in [6.07, 6.45) is -5.12. The van der Waals surface area contributed by atoms with Crippen LogP contribution in [0.5, 0.6) is 0 Å². The van der Waals surface area contributed by atoms with Crippen molar-refractivity contribution < 1.29 is 47.7 Å². The molecule has 0 bridgehead atoms. The molecule has 0 N–H and O–H groups in total. The number of amides is 1. The zero-order valence-corrected chi connectivity index (χ0v) is 24.0. The molecule has 2 saturated heterocycles. The van der Waals surface area contributed by atoms with Gasteiger partial charge in [0.2, 0.25) is 0 Å². The van der Waals surface area contributed by atoms with E-state index in [9.17, 15) is 24.0 Å². The van der Waals surface area contributed by atoms with Crippen LogP contribution in [0.2, 0.25) is 0 Å². The van der Waals surface area contributed by atoms with Crippen LogP contribution in [0.15, 0.2) is 20.8 Å². The maximum atomic E-state index is 13.5. The van der Waals surface area contributed by atoms with Crippen LogP contribution < -0.4 is 0 Å². The summed E-state index contributed by atoms with van der Waals surface area (Å²) in [7, 11) is 0. The summed E-state index contributed by atoms with van der Waals surface area (Å²) in [5, 5.41) is 0. The smallest absolute Gasteiger partial charge is 0.303 e. The molecular weight excluding hydrogens is 614 g/mol. The fourth-order valence-electron chi connectivity index (χ4n) is 3.65. The molecule has 0 aliphatic carbocycles. The maximum Gasteiger partial charge on any atom is 0.303 e. The van der Waals surface area contributed by atoms with Crippen molar-refractivity contribution in [3.63, 3.8) is 0 Å². The van der Waals surface area contributed by atoms with Crippen molar-refractivity contribution in [2.24, 2.45) is 0 Å². The number of nitrogens with zero attached hydrogens (tertiary/aromatic N) is 1. The fourth-order valence-corrected chi connectivity index (χ4v) is 6.39. The summed E-state index contributed by atoms with van der Waals surface area (Å²) < 4.78 is 28.3. The largest absolute Gasteiger partial charge is 0.463 e. The average Bonchev–Trinajstić information content (AvgIpc) is 3.30. The summed E-state index contributed by atoms with van der Waals surface area (Å²) in [6.45, 7) is 4.11. The van der Waals surface area contributed by atoms with Crippen LogP contribution in [-0.2, 0) is 47.7 Å². The van der Waals surface area contributed by atoms with Gasteiger partial charge in [-0.3, -0.25) is 28.9 Å². The predicted molar refractivity (Wildman–Crippen MR) is 139 cm³/mol. The number of rotatable bonds is 7. The van der Waals surface area contributed by atoms with Crippen LogP contribution in [0.3, 0.4) is 0 Å². The number of esters is 4. The van der Waals surface area contributed by atoms with Crippen molar-refractivity contribution in [1.29, 1.82) is 0 Å². The Bertz CT molecular complexity index is 1150. The highest BCUT2D eigenvalue weighted by Crippen LogP contribution is 2.40. The number of halogens is 1. The van der Waals surface area contributed by atoms with Gasteiger partial charge >= 0.3 is 23.9 Å². The predicted octanol–water partition coefficient (Wildman–Crippen LogP) is 2.79. The Labute approximate surface area is 233 Å². The third kappa shape index (κ3) is 7.37. The molecule has 2 aliphatic rings. The van der Waals surface area contributed by atoms with Crippen molar-refractivity contribution in [1.82, 2.24) is 4.90 Å². The SMILES string of the molecule is CC(=O)OC[C@H]1O[C@@H](N2C(=O)/C(=C\c3ccc(Br)s3)SC2=S)[C@@H](OC(C)=O)[C@@H](OC(C)=O)[C@H]1OC(C)=O. The minimum absolute atomic E-state index is 0.0905. The number of hydrogen-bond donors (Lipinski definition) is 0. The summed E-state index contributed by atoms with van der Waals surface area (Å²) in [5.74, 6) is -3.50. The minimum Gasteiger partial charge on any atom is -0.463 e. The van der Waals surface area contributed by atoms with Crippen LogP contribution >= 0.6 is 51.2 Å². The van der Waals surface area contributed by atoms with Crippen molar-refractivity contribution >= 4 is 91.4 Å². The molecule has 200 valence electrons. The van der Waals surface area contributed by atoms with Crippen LogP contribution in [0.4, 0.5) is 0 Å². The van der Waals surface area contributed by atoms with Gasteiger partial charge in [-0.05, 0) is 34.1 Å². The Morgan fingerprint density at radius 2 is 1.59 bits per heavy atom. The molecule has 37 heavy (non-hydrogen) atoms. The van der Waals surface area contributed by atoms with Gasteiger partial charge in [0.05, 0.1) is 8.69 Å². The lowest BCUT2D eigenvalue weighted by Gasteiger charge is -2.46. The second kappa shape index (κ2) is 12.5. The molecule has 0 radical (unpaired) electrons. The quantitative estimate of drug-likeness (QED) is 0.189. The first kappa shape index (κ1) is 29.2. The van der Waals surface area contributed by atoms with Gasteiger partial charge in [-0.25, -0.2) is 0 Å². The Balaban J connectivity index is 2.05. The third-order valence-electron chi connectivity index (χ3n) is 4.91. The van der Waals surface area contributed by atoms with E-state index in [4.69, 9.17) is 35.9 Å². The highest BCUT2D eigenvalue weighted by Gasteiger charge is 2.56. The molecule has 0 unspecified atom stereocenters. The number of thiophene rings is 1. The highest BCUT2D eigenvalue weighted by atomic mass is 79.9. The molecule has 3 rings (SSSR count). The molecule has 1 aromatic rings. The van der Waals surface area contributed by atoms with E-state index < -0.39 is 67.0 Å². The monoisotopic (exact) mass is 635 g/mol. The molecule has 0 saturated carbocycles. The lowest BCUT2D eigenvalue weighted by atomic mass is 9.96. The molecule has 2 aliphatic heterocycles. The highest BCUT2D eigenvalue weighted by molar-refractivity contribution is 9.11. The number of thioether (sulfide) groups is 1. The maximum absolute atomic E-state index is 13.5. The van der Waals surface area contributed by atoms with Gasteiger partial charge < -0.3 is 23.7 Å². The van der Waals surface area contributed by atoms with E-state index in [2.05, 4.69) is 15.9 Å². The lowest BCUT2D eigenvalue weighted by Crippen LogP contribution is -2.66. The van der Waals surface area contributed by atoms with Crippen molar-refractivity contribution in [3.05, 3.63) is 25.7 Å². The second-order valence-electron chi connectivity index (χ2n) is 7.78. The first-order chi connectivity index (χ1) is 17.4. The molecule has 5 atom stereocenters. The van der Waals surface area contributed by atoms with Crippen molar-refractivity contribution in [2.45, 2.75) is 58.3 Å². The van der Waals surface area contributed by atoms with E-state index in [1.165, 1.54) is 18.3 Å². The van der Waals surface area contributed by atoms with Gasteiger partial charge in [0, 0.05) is 32.6 Å². The molecule has 11 nitrogen and oxygen atoms in total. The zero-order chi connectivity index (χ0) is 27.4. The summed E-state index contributed by atoms with van der Waals surface area (Å²) >= 11 is 11.2. The van der Waals surface area contributed by atoms with E-state index in [-0.39, 0.29) is 9.23 Å². The topological polar surface area (TPSA) is 135 Å². The normalized spacial score (nSPS) is 26.7. The Hall–Kier alpha value is -2.33. The third-order valence-corrected chi connectivity index (χ3v) is 7.81. The van der Waals surface area contributed by atoms with E-state index in [0.29, 0.717) is 0 Å².